The minimum atomic E-state index is -1.39. The van der Waals surface area contributed by atoms with Crippen molar-refractivity contribution in [1.82, 2.24) is 0 Å². The van der Waals surface area contributed by atoms with Crippen molar-refractivity contribution in [3.8, 4) is 17.2 Å². The van der Waals surface area contributed by atoms with Gasteiger partial charge in [-0.1, -0.05) is 45.0 Å². The van der Waals surface area contributed by atoms with Gasteiger partial charge in [0.05, 0.1) is 0 Å². The molecular formula is C28H35NO9. The van der Waals surface area contributed by atoms with Gasteiger partial charge in [-0.05, 0) is 49.6 Å². The van der Waals surface area contributed by atoms with E-state index >= 15 is 0 Å². The fourth-order valence-corrected chi connectivity index (χ4v) is 3.80. The quantitative estimate of drug-likeness (QED) is 0.210. The highest BCUT2D eigenvalue weighted by Gasteiger charge is 2.36. The maximum atomic E-state index is 12.3. The SMILES string of the molecule is CCCC(=O)Oc1ccc(C(C(C)C(C)OC(=O)Oc2ccccc2)[C@H](N)C(=O)O)cc1OC(=O)CCC. The zero-order valence-electron chi connectivity index (χ0n) is 22.0. The molecule has 0 bridgehead atoms. The van der Waals surface area contributed by atoms with Crippen LogP contribution in [0.5, 0.6) is 17.2 Å². The molecule has 2 aromatic carbocycles. The zero-order valence-corrected chi connectivity index (χ0v) is 22.0. The molecule has 4 atom stereocenters. The molecule has 0 aliphatic carbocycles. The smallest absolute Gasteiger partial charge is 0.480 e. The predicted octanol–water partition coefficient (Wildman–Crippen LogP) is 4.83. The summed E-state index contributed by atoms with van der Waals surface area (Å²) >= 11 is 0. The Bertz CT molecular complexity index is 1100. The highest BCUT2D eigenvalue weighted by Crippen LogP contribution is 2.37. The topological polar surface area (TPSA) is 151 Å². The summed E-state index contributed by atoms with van der Waals surface area (Å²) in [5.74, 6) is -3.51. The Balaban J connectivity index is 2.36. The molecule has 38 heavy (non-hydrogen) atoms. The third-order valence-electron chi connectivity index (χ3n) is 5.91. The Kier molecular flexibility index (Phi) is 11.7. The van der Waals surface area contributed by atoms with E-state index in [-0.39, 0.29) is 24.3 Å². The van der Waals surface area contributed by atoms with Crippen LogP contribution in [0.25, 0.3) is 0 Å². The van der Waals surface area contributed by atoms with Gasteiger partial charge in [-0.2, -0.15) is 0 Å². The normalized spacial score (nSPS) is 13.9. The van der Waals surface area contributed by atoms with E-state index in [1.807, 2.05) is 13.8 Å². The number of hydrogen-bond acceptors (Lipinski definition) is 9. The predicted molar refractivity (Wildman–Crippen MR) is 138 cm³/mol. The standard InChI is InChI=1S/C28H35NO9/c1-5-10-23(30)37-21-15-14-19(16-22(21)38-24(31)11-6-2)25(26(29)27(32)33)17(3)18(4)35-28(34)36-20-12-8-7-9-13-20/h7-9,12-18,25-26H,5-6,10-11,29H2,1-4H3,(H,32,33)/t17?,18?,25?,26-/m0/s1. The highest BCUT2D eigenvalue weighted by atomic mass is 16.7. The molecular weight excluding hydrogens is 494 g/mol. The molecule has 0 spiro atoms. The number of hydrogen-bond donors (Lipinski definition) is 2. The molecule has 0 aromatic heterocycles. The first-order chi connectivity index (χ1) is 18.1. The number of benzene rings is 2. The zero-order chi connectivity index (χ0) is 28.2. The second-order valence-corrected chi connectivity index (χ2v) is 8.89. The van der Waals surface area contributed by atoms with E-state index in [4.69, 9.17) is 24.7 Å². The molecule has 3 unspecified atom stereocenters. The summed E-state index contributed by atoms with van der Waals surface area (Å²) in [7, 11) is 0. The molecule has 0 saturated heterocycles. The number of esters is 2. The lowest BCUT2D eigenvalue weighted by molar-refractivity contribution is -0.140. The van der Waals surface area contributed by atoms with Gasteiger partial charge in [0, 0.05) is 24.7 Å². The number of ether oxygens (including phenoxy) is 4. The van der Waals surface area contributed by atoms with Crippen molar-refractivity contribution in [2.45, 2.75) is 71.4 Å². The molecule has 3 N–H and O–H groups in total. The second-order valence-electron chi connectivity index (χ2n) is 8.89. The van der Waals surface area contributed by atoms with E-state index in [0.717, 1.165) is 0 Å². The van der Waals surface area contributed by atoms with Crippen LogP contribution in [-0.2, 0) is 19.1 Å². The number of rotatable bonds is 13. The summed E-state index contributed by atoms with van der Waals surface area (Å²) in [4.78, 5) is 48.6. The van der Waals surface area contributed by atoms with Crippen LogP contribution in [0.1, 0.15) is 64.9 Å². The van der Waals surface area contributed by atoms with Crippen LogP contribution in [0.2, 0.25) is 0 Å². The van der Waals surface area contributed by atoms with E-state index < -0.39 is 48.0 Å². The number of aliphatic carboxylic acids is 1. The molecule has 0 aliphatic rings. The Morgan fingerprint density at radius 1 is 0.842 bits per heavy atom. The largest absolute Gasteiger partial charge is 0.514 e. The van der Waals surface area contributed by atoms with Crippen molar-refractivity contribution in [1.29, 1.82) is 0 Å². The van der Waals surface area contributed by atoms with Gasteiger partial charge in [0.25, 0.3) is 0 Å². The van der Waals surface area contributed by atoms with Crippen LogP contribution in [0.4, 0.5) is 4.79 Å². The lowest BCUT2D eigenvalue weighted by Gasteiger charge is -2.31. The Morgan fingerprint density at radius 2 is 1.42 bits per heavy atom. The lowest BCUT2D eigenvalue weighted by Crippen LogP contribution is -2.43. The molecule has 0 radical (unpaired) electrons. The van der Waals surface area contributed by atoms with E-state index in [1.165, 1.54) is 12.1 Å². The first-order valence-corrected chi connectivity index (χ1v) is 12.5. The maximum Gasteiger partial charge on any atom is 0.514 e. The van der Waals surface area contributed by atoms with Crippen molar-refractivity contribution < 1.29 is 43.2 Å². The lowest BCUT2D eigenvalue weighted by atomic mass is 9.79. The summed E-state index contributed by atoms with van der Waals surface area (Å²) in [5.41, 5.74) is 6.48. The minimum Gasteiger partial charge on any atom is -0.480 e. The molecule has 0 aliphatic heterocycles. The van der Waals surface area contributed by atoms with Crippen molar-refractivity contribution in [2.24, 2.45) is 11.7 Å². The molecule has 2 rings (SSSR count). The van der Waals surface area contributed by atoms with Gasteiger partial charge in [0.15, 0.2) is 11.5 Å². The second kappa shape index (κ2) is 14.7. The summed E-state index contributed by atoms with van der Waals surface area (Å²) in [6, 6.07) is 11.4. The molecule has 2 aromatic rings. The number of para-hydroxylation sites is 1. The van der Waals surface area contributed by atoms with Crippen LogP contribution in [0, 0.1) is 5.92 Å². The monoisotopic (exact) mass is 529 g/mol. The summed E-state index contributed by atoms with van der Waals surface area (Å²) in [5, 5.41) is 9.73. The fraction of sp³-hybridized carbons (Fsp3) is 0.429. The van der Waals surface area contributed by atoms with Gasteiger partial charge < -0.3 is 29.8 Å². The minimum absolute atomic E-state index is 0.0303. The average Bonchev–Trinajstić information content (AvgIpc) is 2.86. The van der Waals surface area contributed by atoms with E-state index in [1.54, 1.807) is 50.2 Å². The molecule has 0 fully saturated rings. The number of nitrogens with two attached hydrogens (primary N) is 1. The van der Waals surface area contributed by atoms with Crippen molar-refractivity contribution in [3.05, 3.63) is 54.1 Å². The van der Waals surface area contributed by atoms with Crippen molar-refractivity contribution in [2.75, 3.05) is 0 Å². The molecule has 0 heterocycles. The van der Waals surface area contributed by atoms with Gasteiger partial charge in [0.2, 0.25) is 0 Å². The third kappa shape index (κ3) is 8.88. The Morgan fingerprint density at radius 3 is 1.97 bits per heavy atom. The summed E-state index contributed by atoms with van der Waals surface area (Å²) in [6.07, 6.45) is -0.349. The van der Waals surface area contributed by atoms with Gasteiger partial charge in [-0.3, -0.25) is 14.4 Å². The van der Waals surface area contributed by atoms with E-state index in [2.05, 4.69) is 0 Å². The van der Waals surface area contributed by atoms with Crippen molar-refractivity contribution in [3.63, 3.8) is 0 Å². The average molecular weight is 530 g/mol. The van der Waals surface area contributed by atoms with Crippen LogP contribution >= 0.6 is 0 Å². The maximum absolute atomic E-state index is 12.3. The third-order valence-corrected chi connectivity index (χ3v) is 5.91. The first-order valence-electron chi connectivity index (χ1n) is 12.5. The number of carbonyl (C=O) groups excluding carboxylic acids is 3. The summed E-state index contributed by atoms with van der Waals surface area (Å²) in [6.45, 7) is 6.92. The van der Waals surface area contributed by atoms with Crippen LogP contribution in [0.3, 0.4) is 0 Å². The summed E-state index contributed by atoms with van der Waals surface area (Å²) < 4.78 is 21.4. The number of carboxylic acids is 1. The van der Waals surface area contributed by atoms with Gasteiger partial charge in [-0.15, -0.1) is 0 Å². The molecule has 0 saturated carbocycles. The van der Waals surface area contributed by atoms with Crippen LogP contribution in [0.15, 0.2) is 48.5 Å². The van der Waals surface area contributed by atoms with Gasteiger partial charge in [0.1, 0.15) is 17.9 Å². The van der Waals surface area contributed by atoms with E-state index in [9.17, 15) is 24.3 Å². The first kappa shape index (κ1) is 30.3. The molecule has 10 heteroatoms. The molecule has 10 nitrogen and oxygen atoms in total. The van der Waals surface area contributed by atoms with Gasteiger partial charge >= 0.3 is 24.1 Å². The van der Waals surface area contributed by atoms with E-state index in [0.29, 0.717) is 24.2 Å². The van der Waals surface area contributed by atoms with Gasteiger partial charge in [-0.25, -0.2) is 4.79 Å². The molecule has 206 valence electrons. The Hall–Kier alpha value is -3.92. The Labute approximate surface area is 222 Å². The number of carboxylic acid groups (broad SMARTS) is 1. The van der Waals surface area contributed by atoms with Crippen LogP contribution < -0.4 is 19.9 Å². The highest BCUT2D eigenvalue weighted by molar-refractivity contribution is 5.77. The van der Waals surface area contributed by atoms with Crippen LogP contribution in [-0.4, -0.2) is 41.3 Å². The fourth-order valence-electron chi connectivity index (χ4n) is 3.80. The molecule has 0 amide bonds. The number of carbonyl (C=O) groups is 4. The van der Waals surface area contributed by atoms with Crippen molar-refractivity contribution >= 4 is 24.1 Å².